The first kappa shape index (κ1) is 45.1. The number of nitrogens with one attached hydrogen (secondary N) is 5. The molecule has 0 aliphatic rings. The Labute approximate surface area is 292 Å². The van der Waals surface area contributed by atoms with Crippen LogP contribution in [-0.2, 0) is 38.4 Å². The van der Waals surface area contributed by atoms with E-state index in [9.17, 15) is 43.5 Å². The van der Waals surface area contributed by atoms with Gasteiger partial charge in [0, 0.05) is 0 Å². The van der Waals surface area contributed by atoms with Crippen molar-refractivity contribution >= 4 is 59.1 Å². The van der Waals surface area contributed by atoms with E-state index in [-0.39, 0.29) is 37.0 Å². The molecule has 0 saturated heterocycles. The number of carboxylic acid groups (broad SMARTS) is 1. The molecule has 0 aliphatic heterocycles. The number of nitrogens with two attached hydrogens (primary N) is 3. The minimum absolute atomic E-state index is 0.0815. The van der Waals surface area contributed by atoms with Crippen LogP contribution < -0.4 is 43.8 Å². The summed E-state index contributed by atoms with van der Waals surface area (Å²) in [6.45, 7) is 10.9. The van der Waals surface area contributed by atoms with E-state index in [1.54, 1.807) is 34.0 Å². The number of carbonyl (C=O) groups is 8. The van der Waals surface area contributed by atoms with Crippen LogP contribution in [0.25, 0.3) is 0 Å². The van der Waals surface area contributed by atoms with Crippen molar-refractivity contribution in [2.45, 2.75) is 116 Å². The average Bonchev–Trinajstić information content (AvgIpc) is 2.96. The van der Waals surface area contributed by atoms with E-state index < -0.39 is 96.4 Å². The van der Waals surface area contributed by atoms with Crippen LogP contribution in [0.2, 0.25) is 0 Å². The summed E-state index contributed by atoms with van der Waals surface area (Å²) in [5.74, 6) is -6.91. The van der Waals surface area contributed by atoms with Gasteiger partial charge in [-0.2, -0.15) is 11.8 Å². The highest BCUT2D eigenvalue weighted by molar-refractivity contribution is 7.98. The van der Waals surface area contributed by atoms with Crippen LogP contribution >= 0.6 is 11.8 Å². The monoisotopic (exact) mass is 716 g/mol. The minimum atomic E-state index is -1.61. The SMILES string of the molecule is CSCC[C@H](NC(=O)[C@H](CC(C)C)NC(=O)[C@H](CC(N)=O)NC(=O)[C@@H](N)CC(C)C)C(=O)N[C@@H](CC(C)C)C(=O)N[C@@H](CC(N)=O)C(=O)O. The Morgan fingerprint density at radius 2 is 0.898 bits per heavy atom. The number of thioether (sulfide) groups is 1. The first-order valence-corrected chi connectivity index (χ1v) is 17.6. The summed E-state index contributed by atoms with van der Waals surface area (Å²) in [6, 6.07) is -7.58. The van der Waals surface area contributed by atoms with Gasteiger partial charge >= 0.3 is 5.97 Å². The second-order valence-corrected chi connectivity index (χ2v) is 14.2. The quantitative estimate of drug-likeness (QED) is 0.0552. The molecule has 0 spiro atoms. The van der Waals surface area contributed by atoms with Gasteiger partial charge in [-0.1, -0.05) is 41.5 Å². The highest BCUT2D eigenvalue weighted by atomic mass is 32.2. The summed E-state index contributed by atoms with van der Waals surface area (Å²) in [5, 5.41) is 21.9. The molecular formula is C31H56N8O9S. The van der Waals surface area contributed by atoms with E-state index in [1.807, 2.05) is 13.8 Å². The topological polar surface area (TPSA) is 295 Å². The lowest BCUT2D eigenvalue weighted by Crippen LogP contribution is -2.60. The summed E-state index contributed by atoms with van der Waals surface area (Å²) in [4.78, 5) is 101. The number of amides is 7. The molecule has 0 rings (SSSR count). The Bertz CT molecular complexity index is 1170. The first-order valence-electron chi connectivity index (χ1n) is 16.2. The van der Waals surface area contributed by atoms with E-state index in [1.165, 1.54) is 11.8 Å². The zero-order valence-electron chi connectivity index (χ0n) is 29.5. The summed E-state index contributed by atoms with van der Waals surface area (Å²) in [5.41, 5.74) is 16.4. The van der Waals surface area contributed by atoms with Gasteiger partial charge in [0.2, 0.25) is 41.4 Å². The Morgan fingerprint density at radius 3 is 1.29 bits per heavy atom. The largest absolute Gasteiger partial charge is 0.480 e. The number of aliphatic carboxylic acids is 1. The summed E-state index contributed by atoms with van der Waals surface area (Å²) in [7, 11) is 0. The van der Waals surface area contributed by atoms with Gasteiger partial charge in [0.25, 0.3) is 0 Å². The smallest absolute Gasteiger partial charge is 0.326 e. The van der Waals surface area contributed by atoms with Crippen molar-refractivity contribution in [1.82, 2.24) is 26.6 Å². The molecule has 0 aromatic heterocycles. The molecule has 17 nitrogen and oxygen atoms in total. The van der Waals surface area contributed by atoms with E-state index >= 15 is 0 Å². The number of carboxylic acids is 1. The molecule has 0 bridgehead atoms. The molecule has 0 fully saturated rings. The van der Waals surface area contributed by atoms with Gasteiger partial charge in [-0.25, -0.2) is 4.79 Å². The maximum atomic E-state index is 13.6. The second kappa shape index (κ2) is 22.7. The molecular weight excluding hydrogens is 660 g/mol. The van der Waals surface area contributed by atoms with Crippen molar-refractivity contribution in [2.24, 2.45) is 35.0 Å². The number of carbonyl (C=O) groups excluding carboxylic acids is 7. The molecule has 0 aromatic carbocycles. The van der Waals surface area contributed by atoms with Crippen molar-refractivity contribution in [3.63, 3.8) is 0 Å². The van der Waals surface area contributed by atoms with Gasteiger partial charge in [0.05, 0.1) is 18.9 Å². The number of hydrogen-bond donors (Lipinski definition) is 9. The van der Waals surface area contributed by atoms with Crippen LogP contribution in [0.1, 0.15) is 80.1 Å². The fraction of sp³-hybridized carbons (Fsp3) is 0.742. The van der Waals surface area contributed by atoms with Crippen LogP contribution in [0.5, 0.6) is 0 Å². The summed E-state index contributed by atoms with van der Waals surface area (Å²) < 4.78 is 0. The molecule has 280 valence electrons. The molecule has 0 saturated carbocycles. The first-order chi connectivity index (χ1) is 22.7. The lowest BCUT2D eigenvalue weighted by molar-refractivity contribution is -0.144. The molecule has 0 heterocycles. The third kappa shape index (κ3) is 19.0. The average molecular weight is 717 g/mol. The molecule has 6 atom stereocenters. The lowest BCUT2D eigenvalue weighted by Gasteiger charge is -2.28. The zero-order chi connectivity index (χ0) is 38.0. The third-order valence-electron chi connectivity index (χ3n) is 7.04. The molecule has 12 N–H and O–H groups in total. The standard InChI is InChI=1S/C31H56N8O9S/c1-15(2)10-18(32)26(42)36-22(13-24(33)40)30(46)38-20(11-16(3)4)28(44)35-19(8-9-49-7)27(43)37-21(12-17(5)6)29(45)39-23(31(47)48)14-25(34)41/h15-23H,8-14,32H2,1-7H3,(H2,33,40)(H2,34,41)(H,35,44)(H,36,42)(H,37,43)(H,38,46)(H,39,45)(H,47,48)/t18-,19-,20-,21-,22-,23-/m0/s1. The molecule has 0 aromatic rings. The van der Waals surface area contributed by atoms with Gasteiger partial charge < -0.3 is 48.9 Å². The van der Waals surface area contributed by atoms with Crippen molar-refractivity contribution in [3.05, 3.63) is 0 Å². The van der Waals surface area contributed by atoms with E-state index in [0.29, 0.717) is 12.2 Å². The van der Waals surface area contributed by atoms with Crippen molar-refractivity contribution < 1.29 is 43.5 Å². The predicted octanol–water partition coefficient (Wildman–Crippen LogP) is -1.54. The second-order valence-electron chi connectivity index (χ2n) is 13.3. The van der Waals surface area contributed by atoms with E-state index in [2.05, 4.69) is 26.6 Å². The van der Waals surface area contributed by atoms with Crippen LogP contribution in [0.3, 0.4) is 0 Å². The zero-order valence-corrected chi connectivity index (χ0v) is 30.3. The highest BCUT2D eigenvalue weighted by Crippen LogP contribution is 2.11. The number of primary amides is 2. The van der Waals surface area contributed by atoms with Crippen molar-refractivity contribution in [3.8, 4) is 0 Å². The minimum Gasteiger partial charge on any atom is -0.480 e. The van der Waals surface area contributed by atoms with E-state index in [0.717, 1.165) is 0 Å². The van der Waals surface area contributed by atoms with Crippen LogP contribution in [0.4, 0.5) is 0 Å². The van der Waals surface area contributed by atoms with Gasteiger partial charge in [-0.15, -0.1) is 0 Å². The Hall–Kier alpha value is -3.93. The molecule has 18 heteroatoms. The molecule has 0 radical (unpaired) electrons. The maximum Gasteiger partial charge on any atom is 0.326 e. The van der Waals surface area contributed by atoms with Crippen molar-refractivity contribution in [1.29, 1.82) is 0 Å². The fourth-order valence-corrected chi connectivity index (χ4v) is 5.18. The predicted molar refractivity (Wildman–Crippen MR) is 184 cm³/mol. The number of rotatable bonds is 24. The third-order valence-corrected chi connectivity index (χ3v) is 7.69. The highest BCUT2D eigenvalue weighted by Gasteiger charge is 2.34. The van der Waals surface area contributed by atoms with Gasteiger partial charge in [0.15, 0.2) is 0 Å². The van der Waals surface area contributed by atoms with Crippen LogP contribution in [0, 0.1) is 17.8 Å². The maximum absolute atomic E-state index is 13.6. The van der Waals surface area contributed by atoms with E-state index in [4.69, 9.17) is 17.2 Å². The van der Waals surface area contributed by atoms with Crippen LogP contribution in [-0.4, -0.2) is 101 Å². The van der Waals surface area contributed by atoms with Gasteiger partial charge in [-0.3, -0.25) is 33.6 Å². The normalized spacial score (nSPS) is 14.9. The van der Waals surface area contributed by atoms with Crippen molar-refractivity contribution in [2.75, 3.05) is 12.0 Å². The Balaban J connectivity index is 6.13. The molecule has 49 heavy (non-hydrogen) atoms. The summed E-state index contributed by atoms with van der Waals surface area (Å²) in [6.07, 6.45) is 1.25. The fourth-order valence-electron chi connectivity index (χ4n) is 4.70. The van der Waals surface area contributed by atoms with Gasteiger partial charge in [-0.05, 0) is 55.4 Å². The molecule has 7 amide bonds. The number of hydrogen-bond acceptors (Lipinski definition) is 10. The van der Waals surface area contributed by atoms with Gasteiger partial charge in [0.1, 0.15) is 30.2 Å². The Morgan fingerprint density at radius 1 is 0.551 bits per heavy atom. The Kier molecular flexibility index (Phi) is 20.8. The summed E-state index contributed by atoms with van der Waals surface area (Å²) >= 11 is 1.39. The lowest BCUT2D eigenvalue weighted by atomic mass is 10.0. The molecule has 0 aliphatic carbocycles. The molecule has 0 unspecified atom stereocenters. The van der Waals surface area contributed by atoms with Crippen LogP contribution in [0.15, 0.2) is 0 Å².